The van der Waals surface area contributed by atoms with Crippen LogP contribution in [0.15, 0.2) is 67.0 Å². The molecule has 7 heteroatoms. The lowest BCUT2D eigenvalue weighted by Crippen LogP contribution is -2.37. The lowest BCUT2D eigenvalue weighted by Gasteiger charge is -2.27. The Morgan fingerprint density at radius 3 is 2.53 bits per heavy atom. The Bertz CT molecular complexity index is 1230. The molecule has 0 saturated carbocycles. The van der Waals surface area contributed by atoms with E-state index >= 15 is 0 Å². The summed E-state index contributed by atoms with van der Waals surface area (Å²) in [6.07, 6.45) is 8.65. The number of carbonyl (C=O) groups excluding carboxylic acids is 2. The maximum absolute atomic E-state index is 13.5. The molecule has 0 unspecified atom stereocenters. The van der Waals surface area contributed by atoms with E-state index in [-0.39, 0.29) is 23.0 Å². The summed E-state index contributed by atoms with van der Waals surface area (Å²) in [5.41, 5.74) is 3.40. The van der Waals surface area contributed by atoms with Crippen LogP contribution in [0.2, 0.25) is 0 Å². The highest BCUT2D eigenvalue weighted by Gasteiger charge is 2.24. The third-order valence-electron chi connectivity index (χ3n) is 7.15. The van der Waals surface area contributed by atoms with Crippen LogP contribution < -0.4 is 15.5 Å². The zero-order valence-corrected chi connectivity index (χ0v) is 22.3. The number of nitrogens with one attached hydrogen (secondary N) is 2. The molecule has 38 heavy (non-hydrogen) atoms. The van der Waals surface area contributed by atoms with Crippen molar-refractivity contribution >= 4 is 17.5 Å². The molecule has 200 valence electrons. The van der Waals surface area contributed by atoms with E-state index in [9.17, 15) is 14.0 Å². The van der Waals surface area contributed by atoms with E-state index in [1.54, 1.807) is 42.7 Å². The second-order valence-corrected chi connectivity index (χ2v) is 10.6. The Hall–Kier alpha value is -3.58. The molecule has 0 fully saturated rings. The van der Waals surface area contributed by atoms with E-state index < -0.39 is 0 Å². The van der Waals surface area contributed by atoms with E-state index in [4.69, 9.17) is 0 Å². The molecule has 0 bridgehead atoms. The fraction of sp³-hybridized carbons (Fsp3) is 0.387. The third kappa shape index (κ3) is 7.04. The van der Waals surface area contributed by atoms with Gasteiger partial charge in [-0.15, -0.1) is 0 Å². The number of amides is 2. The quantitative estimate of drug-likeness (QED) is 0.461. The van der Waals surface area contributed by atoms with Gasteiger partial charge in [0.1, 0.15) is 5.82 Å². The van der Waals surface area contributed by atoms with Crippen molar-refractivity contribution in [3.8, 4) is 0 Å². The van der Waals surface area contributed by atoms with Crippen LogP contribution in [0.4, 0.5) is 10.1 Å². The van der Waals surface area contributed by atoms with Gasteiger partial charge in [-0.2, -0.15) is 0 Å². The molecule has 1 aliphatic heterocycles. The standard InChI is InChI=1S/C31H37FN4O2/c1-31(2,26-11-13-27(32)14-12-26)22-35-29(37)23-10-15-28-25(19-23)21-33-16-6-4-3-5-7-18-36(28)30(38)24-9-8-17-34-20-24/h8-15,17,19-20,33H,3-7,16,18,21-22H2,1-2H3,(H,35,37). The van der Waals surface area contributed by atoms with Gasteiger partial charge in [-0.1, -0.05) is 45.2 Å². The number of rotatable bonds is 5. The van der Waals surface area contributed by atoms with Crippen LogP contribution >= 0.6 is 0 Å². The van der Waals surface area contributed by atoms with Crippen molar-refractivity contribution in [3.63, 3.8) is 0 Å². The molecule has 2 amide bonds. The zero-order valence-electron chi connectivity index (χ0n) is 22.3. The summed E-state index contributed by atoms with van der Waals surface area (Å²) in [6, 6.07) is 15.5. The Morgan fingerprint density at radius 2 is 1.76 bits per heavy atom. The smallest absolute Gasteiger partial charge is 0.259 e. The molecule has 1 aromatic heterocycles. The van der Waals surface area contributed by atoms with Gasteiger partial charge >= 0.3 is 0 Å². The van der Waals surface area contributed by atoms with Gasteiger partial charge in [-0.25, -0.2) is 4.39 Å². The largest absolute Gasteiger partial charge is 0.351 e. The highest BCUT2D eigenvalue weighted by Crippen LogP contribution is 2.27. The first-order chi connectivity index (χ1) is 18.3. The molecule has 0 radical (unpaired) electrons. The fourth-order valence-electron chi connectivity index (χ4n) is 4.79. The molecule has 0 spiro atoms. The summed E-state index contributed by atoms with van der Waals surface area (Å²) in [7, 11) is 0. The Balaban J connectivity index is 1.57. The summed E-state index contributed by atoms with van der Waals surface area (Å²) >= 11 is 0. The van der Waals surface area contributed by atoms with Gasteiger partial charge in [-0.3, -0.25) is 14.6 Å². The minimum atomic E-state index is -0.367. The van der Waals surface area contributed by atoms with E-state index in [0.717, 1.165) is 55.5 Å². The number of nitrogens with zero attached hydrogens (tertiary/aromatic N) is 2. The minimum absolute atomic E-state index is 0.0883. The second kappa shape index (κ2) is 12.8. The molecule has 6 nitrogen and oxygen atoms in total. The predicted octanol–water partition coefficient (Wildman–Crippen LogP) is 5.63. The minimum Gasteiger partial charge on any atom is -0.351 e. The SMILES string of the molecule is CC(C)(CNC(=O)c1ccc2c(c1)CNCCCCCCCN2C(=O)c1cccnc1)c1ccc(F)cc1. The fourth-order valence-corrected chi connectivity index (χ4v) is 4.79. The lowest BCUT2D eigenvalue weighted by molar-refractivity contribution is 0.0944. The highest BCUT2D eigenvalue weighted by atomic mass is 19.1. The van der Waals surface area contributed by atoms with Crippen molar-refractivity contribution in [2.45, 2.75) is 57.9 Å². The number of benzene rings is 2. The molecule has 0 atom stereocenters. The number of carbonyl (C=O) groups is 2. The van der Waals surface area contributed by atoms with Gasteiger partial charge < -0.3 is 15.5 Å². The van der Waals surface area contributed by atoms with Gasteiger partial charge in [0.2, 0.25) is 0 Å². The molecular formula is C31H37FN4O2. The molecule has 0 aliphatic carbocycles. The average molecular weight is 517 g/mol. The number of aromatic nitrogens is 1. The van der Waals surface area contributed by atoms with Gasteiger partial charge in [0.05, 0.1) is 5.56 Å². The Kier molecular flexibility index (Phi) is 9.24. The van der Waals surface area contributed by atoms with Gasteiger partial charge in [0.15, 0.2) is 0 Å². The van der Waals surface area contributed by atoms with Crippen molar-refractivity contribution in [3.05, 3.63) is 95.1 Å². The molecule has 4 rings (SSSR count). The van der Waals surface area contributed by atoms with Gasteiger partial charge in [-0.05, 0) is 73.0 Å². The van der Waals surface area contributed by atoms with E-state index in [0.29, 0.717) is 30.8 Å². The first-order valence-corrected chi connectivity index (χ1v) is 13.4. The maximum Gasteiger partial charge on any atom is 0.259 e. The normalized spacial score (nSPS) is 15.1. The van der Waals surface area contributed by atoms with Gasteiger partial charge in [0.25, 0.3) is 11.8 Å². The van der Waals surface area contributed by atoms with Crippen molar-refractivity contribution in [1.82, 2.24) is 15.6 Å². The highest BCUT2D eigenvalue weighted by molar-refractivity contribution is 6.06. The first-order valence-electron chi connectivity index (χ1n) is 13.4. The maximum atomic E-state index is 13.5. The molecule has 2 aromatic carbocycles. The molecule has 3 aromatic rings. The summed E-state index contributed by atoms with van der Waals surface area (Å²) in [5.74, 6) is -0.550. The topological polar surface area (TPSA) is 74.3 Å². The van der Waals surface area contributed by atoms with Crippen molar-refractivity contribution in [2.24, 2.45) is 0 Å². The van der Waals surface area contributed by atoms with Crippen LogP contribution in [-0.4, -0.2) is 36.4 Å². The van der Waals surface area contributed by atoms with Crippen molar-refractivity contribution < 1.29 is 14.0 Å². The average Bonchev–Trinajstić information content (AvgIpc) is 2.92. The second-order valence-electron chi connectivity index (χ2n) is 10.6. The Morgan fingerprint density at radius 1 is 1.00 bits per heavy atom. The van der Waals surface area contributed by atoms with Crippen molar-refractivity contribution in [1.29, 1.82) is 0 Å². The number of anilines is 1. The van der Waals surface area contributed by atoms with Crippen LogP contribution in [0.25, 0.3) is 0 Å². The van der Waals surface area contributed by atoms with E-state index in [1.807, 2.05) is 30.9 Å². The summed E-state index contributed by atoms with van der Waals surface area (Å²) < 4.78 is 13.4. The summed E-state index contributed by atoms with van der Waals surface area (Å²) in [5, 5.41) is 6.54. The van der Waals surface area contributed by atoms with E-state index in [1.165, 1.54) is 12.1 Å². The molecule has 1 aliphatic rings. The Labute approximate surface area is 224 Å². The summed E-state index contributed by atoms with van der Waals surface area (Å²) in [6.45, 7) is 6.50. The molecule has 2 heterocycles. The predicted molar refractivity (Wildman–Crippen MR) is 149 cm³/mol. The lowest BCUT2D eigenvalue weighted by atomic mass is 9.84. The molecule has 2 N–H and O–H groups in total. The van der Waals surface area contributed by atoms with Gasteiger partial charge in [0, 0.05) is 48.7 Å². The van der Waals surface area contributed by atoms with Crippen LogP contribution in [0.5, 0.6) is 0 Å². The first kappa shape index (κ1) is 27.5. The number of hydrogen-bond donors (Lipinski definition) is 2. The van der Waals surface area contributed by atoms with Crippen LogP contribution in [0.1, 0.15) is 77.8 Å². The number of halogens is 1. The summed E-state index contributed by atoms with van der Waals surface area (Å²) in [4.78, 5) is 32.7. The van der Waals surface area contributed by atoms with Crippen molar-refractivity contribution in [2.75, 3.05) is 24.5 Å². The van der Waals surface area contributed by atoms with Crippen LogP contribution in [-0.2, 0) is 12.0 Å². The van der Waals surface area contributed by atoms with Crippen LogP contribution in [0, 0.1) is 5.82 Å². The molecule has 0 saturated heterocycles. The number of fused-ring (bicyclic) bond motifs is 1. The number of hydrogen-bond acceptors (Lipinski definition) is 4. The monoisotopic (exact) mass is 516 g/mol. The third-order valence-corrected chi connectivity index (χ3v) is 7.15. The zero-order chi connectivity index (χ0) is 27.0. The number of pyridine rings is 1. The van der Waals surface area contributed by atoms with Crippen LogP contribution in [0.3, 0.4) is 0 Å². The van der Waals surface area contributed by atoms with E-state index in [2.05, 4.69) is 15.6 Å². The molecular weight excluding hydrogens is 479 g/mol.